The molecule has 0 bridgehead atoms. The number of aryl methyl sites for hydroxylation is 1. The van der Waals surface area contributed by atoms with Gasteiger partial charge in [-0.25, -0.2) is 4.39 Å². The van der Waals surface area contributed by atoms with Gasteiger partial charge in [0.1, 0.15) is 17.4 Å². The summed E-state index contributed by atoms with van der Waals surface area (Å²) in [7, 11) is 0. The van der Waals surface area contributed by atoms with Crippen LogP contribution in [-0.4, -0.2) is 0 Å². The Morgan fingerprint density at radius 2 is 2.32 bits per heavy atom. The molecule has 3 rings (SSSR count). The van der Waals surface area contributed by atoms with Crippen LogP contribution in [0.2, 0.25) is 4.34 Å². The summed E-state index contributed by atoms with van der Waals surface area (Å²) in [6.07, 6.45) is 1.92. The zero-order chi connectivity index (χ0) is 13.4. The first kappa shape index (κ1) is 12.5. The minimum atomic E-state index is -0.492. The Kier molecular flexibility index (Phi) is 3.17. The van der Waals surface area contributed by atoms with Gasteiger partial charge < -0.3 is 5.32 Å². The third kappa shape index (κ3) is 2.20. The molecule has 0 saturated carbocycles. The van der Waals surface area contributed by atoms with Crippen LogP contribution in [-0.2, 0) is 6.42 Å². The maximum Gasteiger partial charge on any atom is 0.143 e. The molecule has 0 amide bonds. The van der Waals surface area contributed by atoms with Gasteiger partial charge in [-0.1, -0.05) is 17.7 Å². The molecule has 1 aromatic carbocycles. The summed E-state index contributed by atoms with van der Waals surface area (Å²) in [5.74, 6) is -0.492. The van der Waals surface area contributed by atoms with Crippen LogP contribution in [0.1, 0.15) is 28.5 Å². The van der Waals surface area contributed by atoms with Gasteiger partial charge in [-0.05, 0) is 36.6 Å². The van der Waals surface area contributed by atoms with E-state index in [4.69, 9.17) is 16.9 Å². The zero-order valence-electron chi connectivity index (χ0n) is 9.91. The highest BCUT2D eigenvalue weighted by atomic mass is 35.5. The van der Waals surface area contributed by atoms with Crippen LogP contribution >= 0.6 is 22.9 Å². The standard InChI is InChI=1S/C14H10ClFN2S/c15-14-6-8-12(4-5-13(8)19-14)18-11-3-1-2-10(16)9(11)7-17/h1-3,6,12,18H,4-5H2. The van der Waals surface area contributed by atoms with E-state index >= 15 is 0 Å². The third-order valence-electron chi connectivity index (χ3n) is 3.30. The molecule has 0 saturated heterocycles. The molecule has 0 radical (unpaired) electrons. The van der Waals surface area contributed by atoms with Crippen molar-refractivity contribution in [2.75, 3.05) is 5.32 Å². The van der Waals surface area contributed by atoms with Gasteiger partial charge >= 0.3 is 0 Å². The van der Waals surface area contributed by atoms with Crippen LogP contribution in [0.3, 0.4) is 0 Å². The van der Waals surface area contributed by atoms with E-state index in [0.717, 1.165) is 17.2 Å². The Balaban J connectivity index is 1.92. The Morgan fingerprint density at radius 1 is 1.47 bits per heavy atom. The summed E-state index contributed by atoms with van der Waals surface area (Å²) in [5, 5.41) is 12.3. The Hall–Kier alpha value is -1.57. The van der Waals surface area contributed by atoms with Crippen molar-refractivity contribution in [2.24, 2.45) is 0 Å². The number of thiophene rings is 1. The third-order valence-corrected chi connectivity index (χ3v) is 4.64. The summed E-state index contributed by atoms with van der Waals surface area (Å²) < 4.78 is 14.3. The largest absolute Gasteiger partial charge is 0.377 e. The molecular weight excluding hydrogens is 283 g/mol. The maximum absolute atomic E-state index is 13.5. The summed E-state index contributed by atoms with van der Waals surface area (Å²) in [6.45, 7) is 0. The molecule has 1 aromatic heterocycles. The number of benzene rings is 1. The average molecular weight is 293 g/mol. The van der Waals surface area contributed by atoms with E-state index in [1.165, 1.54) is 16.5 Å². The van der Waals surface area contributed by atoms with E-state index in [1.54, 1.807) is 23.5 Å². The number of nitrogens with one attached hydrogen (secondary N) is 1. The van der Waals surface area contributed by atoms with E-state index < -0.39 is 5.82 Å². The minimum Gasteiger partial charge on any atom is -0.377 e. The normalized spacial score (nSPS) is 17.0. The van der Waals surface area contributed by atoms with Crippen molar-refractivity contribution in [1.82, 2.24) is 0 Å². The molecule has 1 aliphatic rings. The van der Waals surface area contributed by atoms with Gasteiger partial charge in [0.05, 0.1) is 16.1 Å². The summed E-state index contributed by atoms with van der Waals surface area (Å²) in [5.41, 5.74) is 1.78. The molecule has 2 nitrogen and oxygen atoms in total. The lowest BCUT2D eigenvalue weighted by Crippen LogP contribution is -2.08. The van der Waals surface area contributed by atoms with Crippen molar-refractivity contribution in [2.45, 2.75) is 18.9 Å². The number of hydrogen-bond donors (Lipinski definition) is 1. The molecule has 0 aliphatic heterocycles. The predicted molar refractivity (Wildman–Crippen MR) is 75.1 cm³/mol. The lowest BCUT2D eigenvalue weighted by Gasteiger charge is -2.15. The van der Waals surface area contributed by atoms with Gasteiger partial charge in [0.25, 0.3) is 0 Å². The van der Waals surface area contributed by atoms with Gasteiger partial charge in [-0.2, -0.15) is 5.26 Å². The van der Waals surface area contributed by atoms with E-state index in [2.05, 4.69) is 5.32 Å². The Bertz CT molecular complexity index is 675. The highest BCUT2D eigenvalue weighted by Gasteiger charge is 2.25. The second kappa shape index (κ2) is 4.84. The second-order valence-corrected chi connectivity index (χ2v) is 6.21. The average Bonchev–Trinajstić information content (AvgIpc) is 2.90. The van der Waals surface area contributed by atoms with Gasteiger partial charge in [-0.3, -0.25) is 0 Å². The molecule has 1 heterocycles. The van der Waals surface area contributed by atoms with Gasteiger partial charge in [-0.15, -0.1) is 11.3 Å². The van der Waals surface area contributed by atoms with Crippen molar-refractivity contribution in [3.05, 3.63) is 50.4 Å². The first-order valence-electron chi connectivity index (χ1n) is 5.92. The molecule has 1 N–H and O–H groups in total. The van der Waals surface area contributed by atoms with Crippen LogP contribution in [0.25, 0.3) is 0 Å². The van der Waals surface area contributed by atoms with Crippen molar-refractivity contribution < 1.29 is 4.39 Å². The quantitative estimate of drug-likeness (QED) is 0.884. The van der Waals surface area contributed by atoms with Gasteiger partial charge in [0, 0.05) is 4.88 Å². The number of nitrogens with zero attached hydrogens (tertiary/aromatic N) is 1. The molecule has 0 spiro atoms. The monoisotopic (exact) mass is 292 g/mol. The van der Waals surface area contributed by atoms with Crippen LogP contribution in [0.15, 0.2) is 24.3 Å². The fraction of sp³-hybridized carbons (Fsp3) is 0.214. The summed E-state index contributed by atoms with van der Waals surface area (Å²) in [6, 6.07) is 8.60. The molecule has 19 heavy (non-hydrogen) atoms. The van der Waals surface area contributed by atoms with Crippen molar-refractivity contribution in [3.63, 3.8) is 0 Å². The van der Waals surface area contributed by atoms with Gasteiger partial charge in [0.15, 0.2) is 0 Å². The number of halogens is 2. The van der Waals surface area contributed by atoms with Crippen LogP contribution in [0.5, 0.6) is 0 Å². The second-order valence-electron chi connectivity index (χ2n) is 4.44. The fourth-order valence-corrected chi connectivity index (χ4v) is 3.78. The first-order valence-corrected chi connectivity index (χ1v) is 7.11. The highest BCUT2D eigenvalue weighted by molar-refractivity contribution is 7.16. The van der Waals surface area contributed by atoms with Crippen LogP contribution in [0, 0.1) is 17.1 Å². The topological polar surface area (TPSA) is 35.8 Å². The molecule has 5 heteroatoms. The predicted octanol–water partition coefficient (Wildman–Crippen LogP) is 4.51. The fourth-order valence-electron chi connectivity index (χ4n) is 2.43. The number of rotatable bonds is 2. The first-order chi connectivity index (χ1) is 9.19. The van der Waals surface area contributed by atoms with Gasteiger partial charge in [0.2, 0.25) is 0 Å². The lowest BCUT2D eigenvalue weighted by molar-refractivity contribution is 0.623. The van der Waals surface area contributed by atoms with Crippen molar-refractivity contribution >= 4 is 28.6 Å². The summed E-state index contributed by atoms with van der Waals surface area (Å²) in [4.78, 5) is 1.28. The summed E-state index contributed by atoms with van der Waals surface area (Å²) >= 11 is 7.60. The van der Waals surface area contributed by atoms with Crippen molar-refractivity contribution in [1.29, 1.82) is 5.26 Å². The minimum absolute atomic E-state index is 0.0669. The van der Waals surface area contributed by atoms with Crippen molar-refractivity contribution in [3.8, 4) is 6.07 Å². The number of nitriles is 1. The molecule has 1 atom stereocenters. The number of anilines is 1. The highest BCUT2D eigenvalue weighted by Crippen LogP contribution is 2.41. The Labute approximate surface area is 119 Å². The molecule has 1 aliphatic carbocycles. The van der Waals surface area contributed by atoms with E-state index in [9.17, 15) is 4.39 Å². The van der Waals surface area contributed by atoms with Crippen LogP contribution in [0.4, 0.5) is 10.1 Å². The van der Waals surface area contributed by atoms with Crippen LogP contribution < -0.4 is 5.32 Å². The maximum atomic E-state index is 13.5. The molecule has 96 valence electrons. The van der Waals surface area contributed by atoms with E-state index in [0.29, 0.717) is 5.69 Å². The number of fused-ring (bicyclic) bond motifs is 1. The smallest absolute Gasteiger partial charge is 0.143 e. The zero-order valence-corrected chi connectivity index (χ0v) is 11.5. The molecular formula is C14H10ClFN2S. The molecule has 1 unspecified atom stereocenters. The SMILES string of the molecule is N#Cc1c(F)cccc1NC1CCc2sc(Cl)cc21. The van der Waals surface area contributed by atoms with E-state index in [1.807, 2.05) is 12.1 Å². The molecule has 2 aromatic rings. The lowest BCUT2D eigenvalue weighted by atomic mass is 10.1. The number of hydrogen-bond acceptors (Lipinski definition) is 3. The Morgan fingerprint density at radius 3 is 3.11 bits per heavy atom. The van der Waals surface area contributed by atoms with E-state index in [-0.39, 0.29) is 11.6 Å². The molecule has 0 fully saturated rings.